The highest BCUT2D eigenvalue weighted by atomic mass is 16.2. The molecule has 1 spiro atoms. The van der Waals surface area contributed by atoms with E-state index >= 15 is 0 Å². The summed E-state index contributed by atoms with van der Waals surface area (Å²) in [4.78, 5) is 14.7. The Bertz CT molecular complexity index is 538. The van der Waals surface area contributed by atoms with Crippen LogP contribution in [0.4, 0.5) is 5.69 Å². The monoisotopic (exact) mass is 269 g/mol. The summed E-state index contributed by atoms with van der Waals surface area (Å²) in [7, 11) is 0. The Balaban J connectivity index is 1.78. The number of nitrogens with zero attached hydrogens (tertiary/aromatic N) is 2. The molecule has 20 heavy (non-hydrogen) atoms. The van der Waals surface area contributed by atoms with Crippen molar-refractivity contribution in [3.63, 3.8) is 0 Å². The summed E-state index contributed by atoms with van der Waals surface area (Å²) >= 11 is 0. The number of nitrogens with one attached hydrogen (secondary N) is 1. The van der Waals surface area contributed by atoms with Crippen molar-refractivity contribution in [2.45, 2.75) is 25.7 Å². The number of nitriles is 1. The third-order valence-electron chi connectivity index (χ3n) is 4.60. The highest BCUT2D eigenvalue weighted by Crippen LogP contribution is 2.41. The zero-order valence-electron chi connectivity index (χ0n) is 11.6. The first-order chi connectivity index (χ1) is 9.75. The minimum absolute atomic E-state index is 0.128. The summed E-state index contributed by atoms with van der Waals surface area (Å²) in [5.74, 6) is 0.284. The van der Waals surface area contributed by atoms with E-state index in [1.54, 1.807) is 0 Å². The lowest BCUT2D eigenvalue weighted by Crippen LogP contribution is -2.42. The number of benzene rings is 1. The Labute approximate surface area is 119 Å². The first kappa shape index (κ1) is 13.1. The van der Waals surface area contributed by atoms with Gasteiger partial charge in [-0.3, -0.25) is 4.79 Å². The van der Waals surface area contributed by atoms with Crippen molar-refractivity contribution < 1.29 is 4.79 Å². The summed E-state index contributed by atoms with van der Waals surface area (Å²) in [6.45, 7) is 2.71. The molecule has 2 saturated heterocycles. The van der Waals surface area contributed by atoms with Gasteiger partial charge < -0.3 is 10.2 Å². The maximum atomic E-state index is 12.7. The number of piperidine rings is 1. The summed E-state index contributed by atoms with van der Waals surface area (Å²) in [6.07, 6.45) is 3.29. The van der Waals surface area contributed by atoms with Crippen molar-refractivity contribution in [3.05, 3.63) is 29.8 Å². The highest BCUT2D eigenvalue weighted by molar-refractivity contribution is 6.00. The fraction of sp³-hybridized carbons (Fsp3) is 0.500. The Kier molecular flexibility index (Phi) is 3.45. The van der Waals surface area contributed by atoms with Crippen LogP contribution in [0, 0.1) is 16.7 Å². The minimum Gasteiger partial charge on any atom is -0.317 e. The molecular formula is C16H19N3O. The number of hydrogen-bond acceptors (Lipinski definition) is 3. The molecule has 1 N–H and O–H groups in total. The average molecular weight is 269 g/mol. The van der Waals surface area contributed by atoms with Gasteiger partial charge >= 0.3 is 0 Å². The van der Waals surface area contributed by atoms with E-state index < -0.39 is 0 Å². The quantitative estimate of drug-likeness (QED) is 0.891. The van der Waals surface area contributed by atoms with Crippen molar-refractivity contribution in [2.24, 2.45) is 5.41 Å². The van der Waals surface area contributed by atoms with E-state index in [0.29, 0.717) is 6.42 Å². The van der Waals surface area contributed by atoms with E-state index in [-0.39, 0.29) is 11.3 Å². The van der Waals surface area contributed by atoms with Crippen LogP contribution in [0.5, 0.6) is 0 Å². The lowest BCUT2D eigenvalue weighted by Gasteiger charge is -2.32. The molecule has 0 saturated carbocycles. The van der Waals surface area contributed by atoms with Gasteiger partial charge in [0.2, 0.25) is 5.91 Å². The van der Waals surface area contributed by atoms with Gasteiger partial charge in [-0.15, -0.1) is 0 Å². The van der Waals surface area contributed by atoms with E-state index in [1.807, 2.05) is 29.2 Å². The summed E-state index contributed by atoms with van der Waals surface area (Å²) in [5.41, 5.74) is 1.84. The maximum Gasteiger partial charge on any atom is 0.233 e. The van der Waals surface area contributed by atoms with Crippen LogP contribution in [-0.4, -0.2) is 25.5 Å². The van der Waals surface area contributed by atoms with E-state index in [2.05, 4.69) is 11.4 Å². The second kappa shape index (κ2) is 5.26. The van der Waals surface area contributed by atoms with Crippen molar-refractivity contribution in [1.29, 1.82) is 5.26 Å². The normalized spacial score (nSPS) is 21.1. The van der Waals surface area contributed by atoms with Crippen LogP contribution < -0.4 is 10.2 Å². The van der Waals surface area contributed by atoms with Crippen molar-refractivity contribution in [2.75, 3.05) is 24.5 Å². The lowest BCUT2D eigenvalue weighted by molar-refractivity contribution is -0.126. The molecule has 3 rings (SSSR count). The molecule has 1 aromatic carbocycles. The summed E-state index contributed by atoms with van der Waals surface area (Å²) in [5, 5.41) is 12.0. The highest BCUT2D eigenvalue weighted by Gasteiger charge is 2.47. The van der Waals surface area contributed by atoms with Gasteiger partial charge in [0.25, 0.3) is 0 Å². The molecule has 4 heteroatoms. The molecular weight excluding hydrogens is 250 g/mol. The van der Waals surface area contributed by atoms with Crippen LogP contribution in [-0.2, 0) is 11.2 Å². The number of amides is 1. The van der Waals surface area contributed by atoms with E-state index in [0.717, 1.165) is 50.1 Å². The van der Waals surface area contributed by atoms with E-state index in [4.69, 9.17) is 5.26 Å². The van der Waals surface area contributed by atoms with Gasteiger partial charge in [0.05, 0.1) is 17.9 Å². The number of hydrogen-bond donors (Lipinski definition) is 1. The van der Waals surface area contributed by atoms with Crippen molar-refractivity contribution >= 4 is 11.6 Å². The fourth-order valence-electron chi connectivity index (χ4n) is 3.32. The van der Waals surface area contributed by atoms with Crippen LogP contribution in [0.3, 0.4) is 0 Å². The molecule has 1 aromatic rings. The molecule has 2 aliphatic rings. The van der Waals surface area contributed by atoms with Gasteiger partial charge in [0, 0.05) is 12.2 Å². The summed E-state index contributed by atoms with van der Waals surface area (Å²) < 4.78 is 0. The second-order valence-electron chi connectivity index (χ2n) is 5.74. The van der Waals surface area contributed by atoms with Gasteiger partial charge in [-0.25, -0.2) is 0 Å². The predicted molar refractivity (Wildman–Crippen MR) is 77.3 cm³/mol. The van der Waals surface area contributed by atoms with Gasteiger partial charge in [0.1, 0.15) is 0 Å². The number of anilines is 1. The Morgan fingerprint density at radius 3 is 2.55 bits per heavy atom. The molecule has 0 atom stereocenters. The zero-order chi connectivity index (χ0) is 14.0. The third kappa shape index (κ3) is 2.19. The molecule has 2 fully saturated rings. The number of carbonyl (C=O) groups excluding carboxylic acids is 1. The molecule has 0 aromatic heterocycles. The van der Waals surface area contributed by atoms with Crippen molar-refractivity contribution in [3.8, 4) is 6.07 Å². The third-order valence-corrected chi connectivity index (χ3v) is 4.60. The van der Waals surface area contributed by atoms with E-state index in [1.165, 1.54) is 0 Å². The Morgan fingerprint density at radius 2 is 1.90 bits per heavy atom. The smallest absolute Gasteiger partial charge is 0.233 e. The Morgan fingerprint density at radius 1 is 1.20 bits per heavy atom. The molecule has 104 valence electrons. The SMILES string of the molecule is N#CCc1ccc(N2CCC3(CCNCC3)C2=O)cc1. The van der Waals surface area contributed by atoms with Gasteiger partial charge in [-0.2, -0.15) is 5.26 Å². The standard InChI is InChI=1S/C16H19N3O/c17-9-5-13-1-3-14(4-2-13)19-12-8-16(15(19)20)6-10-18-11-7-16/h1-4,18H,5-8,10-12H2. The zero-order valence-corrected chi connectivity index (χ0v) is 11.6. The van der Waals surface area contributed by atoms with Crippen LogP contribution in [0.25, 0.3) is 0 Å². The average Bonchev–Trinajstić information content (AvgIpc) is 2.79. The molecule has 0 unspecified atom stereocenters. The first-order valence-corrected chi connectivity index (χ1v) is 7.24. The van der Waals surface area contributed by atoms with Crippen LogP contribution >= 0.6 is 0 Å². The minimum atomic E-state index is -0.128. The lowest BCUT2D eigenvalue weighted by atomic mass is 9.78. The van der Waals surface area contributed by atoms with Gasteiger partial charge in [-0.1, -0.05) is 12.1 Å². The molecule has 0 bridgehead atoms. The summed E-state index contributed by atoms with van der Waals surface area (Å²) in [6, 6.07) is 9.95. The van der Waals surface area contributed by atoms with Crippen LogP contribution in [0.15, 0.2) is 24.3 Å². The molecule has 4 nitrogen and oxygen atoms in total. The maximum absolute atomic E-state index is 12.7. The second-order valence-corrected chi connectivity index (χ2v) is 5.74. The molecule has 2 aliphatic heterocycles. The van der Waals surface area contributed by atoms with Gasteiger partial charge in [-0.05, 0) is 50.0 Å². The topological polar surface area (TPSA) is 56.1 Å². The van der Waals surface area contributed by atoms with Crippen LogP contribution in [0.2, 0.25) is 0 Å². The molecule has 1 amide bonds. The fourth-order valence-corrected chi connectivity index (χ4v) is 3.32. The van der Waals surface area contributed by atoms with E-state index in [9.17, 15) is 4.79 Å². The molecule has 0 aliphatic carbocycles. The predicted octanol–water partition coefficient (Wildman–Crippen LogP) is 1.86. The van der Waals surface area contributed by atoms with Crippen molar-refractivity contribution in [1.82, 2.24) is 5.32 Å². The number of carbonyl (C=O) groups is 1. The molecule has 2 heterocycles. The molecule has 0 radical (unpaired) electrons. The largest absolute Gasteiger partial charge is 0.317 e. The Hall–Kier alpha value is -1.86. The number of rotatable bonds is 2. The van der Waals surface area contributed by atoms with Gasteiger partial charge in [0.15, 0.2) is 0 Å². The van der Waals surface area contributed by atoms with Crippen LogP contribution in [0.1, 0.15) is 24.8 Å². The first-order valence-electron chi connectivity index (χ1n) is 7.24.